The van der Waals surface area contributed by atoms with Gasteiger partial charge in [0.05, 0.1) is 11.6 Å². The highest BCUT2D eigenvalue weighted by atomic mass is 15.0. The summed E-state index contributed by atoms with van der Waals surface area (Å²) in [6.45, 7) is 7.03. The molecule has 3 heteroatoms. The third kappa shape index (κ3) is 3.72. The second-order valence-corrected chi connectivity index (χ2v) is 5.42. The van der Waals surface area contributed by atoms with Gasteiger partial charge in [-0.3, -0.25) is 0 Å². The van der Waals surface area contributed by atoms with Crippen LogP contribution < -0.4 is 5.32 Å². The van der Waals surface area contributed by atoms with Gasteiger partial charge in [-0.25, -0.2) is 0 Å². The van der Waals surface area contributed by atoms with Crippen LogP contribution in [0.15, 0.2) is 42.6 Å². The van der Waals surface area contributed by atoms with E-state index in [-0.39, 0.29) is 0 Å². The zero-order valence-corrected chi connectivity index (χ0v) is 12.1. The number of rotatable bonds is 6. The van der Waals surface area contributed by atoms with Crippen molar-refractivity contribution in [1.82, 2.24) is 9.88 Å². The van der Waals surface area contributed by atoms with Crippen molar-refractivity contribution in [3.8, 4) is 6.07 Å². The van der Waals surface area contributed by atoms with E-state index < -0.39 is 0 Å². The Morgan fingerprint density at radius 3 is 2.75 bits per heavy atom. The van der Waals surface area contributed by atoms with Gasteiger partial charge in [-0.1, -0.05) is 32.0 Å². The Labute approximate surface area is 120 Å². The molecule has 0 radical (unpaired) electrons. The molecule has 20 heavy (non-hydrogen) atoms. The predicted molar refractivity (Wildman–Crippen MR) is 81.2 cm³/mol. The van der Waals surface area contributed by atoms with Crippen LogP contribution in [0.1, 0.15) is 30.7 Å². The highest BCUT2D eigenvalue weighted by Gasteiger charge is 2.05. The van der Waals surface area contributed by atoms with Crippen LogP contribution in [0.25, 0.3) is 0 Å². The van der Waals surface area contributed by atoms with E-state index in [1.807, 2.05) is 24.3 Å². The van der Waals surface area contributed by atoms with Crippen LogP contribution in [0.2, 0.25) is 0 Å². The second-order valence-electron chi connectivity index (χ2n) is 5.42. The van der Waals surface area contributed by atoms with Gasteiger partial charge in [0, 0.05) is 25.0 Å². The Bertz CT molecular complexity index is 590. The molecule has 0 aliphatic rings. The molecule has 1 aromatic heterocycles. The minimum atomic E-state index is 0.651. The molecule has 0 atom stereocenters. The highest BCUT2D eigenvalue weighted by Crippen LogP contribution is 2.12. The quantitative estimate of drug-likeness (QED) is 0.873. The molecule has 0 unspecified atom stereocenters. The van der Waals surface area contributed by atoms with Gasteiger partial charge in [-0.15, -0.1) is 0 Å². The Kier molecular flexibility index (Phi) is 4.97. The van der Waals surface area contributed by atoms with Crippen molar-refractivity contribution in [3.05, 3.63) is 59.4 Å². The first kappa shape index (κ1) is 14.4. The third-order valence-electron chi connectivity index (χ3n) is 3.26. The van der Waals surface area contributed by atoms with Crippen LogP contribution >= 0.6 is 0 Å². The Morgan fingerprint density at radius 1 is 1.20 bits per heavy atom. The molecule has 1 aromatic carbocycles. The summed E-state index contributed by atoms with van der Waals surface area (Å²) in [7, 11) is 0. The minimum Gasteiger partial charge on any atom is -0.346 e. The smallest absolute Gasteiger partial charge is 0.0995 e. The molecular weight excluding hydrogens is 246 g/mol. The first-order chi connectivity index (χ1) is 9.70. The second kappa shape index (κ2) is 6.93. The summed E-state index contributed by atoms with van der Waals surface area (Å²) >= 11 is 0. The molecule has 0 saturated carbocycles. The molecule has 0 bridgehead atoms. The number of hydrogen-bond acceptors (Lipinski definition) is 2. The topological polar surface area (TPSA) is 40.8 Å². The largest absolute Gasteiger partial charge is 0.346 e. The lowest BCUT2D eigenvalue weighted by Crippen LogP contribution is -2.21. The number of nitriles is 1. The van der Waals surface area contributed by atoms with Crippen LogP contribution in [-0.2, 0) is 13.1 Å². The number of aromatic nitrogens is 1. The Morgan fingerprint density at radius 2 is 2.00 bits per heavy atom. The van der Waals surface area contributed by atoms with Gasteiger partial charge in [-0.05, 0) is 36.2 Å². The van der Waals surface area contributed by atoms with Gasteiger partial charge in [0.25, 0.3) is 0 Å². The lowest BCUT2D eigenvalue weighted by molar-refractivity contribution is 0.539. The lowest BCUT2D eigenvalue weighted by atomic mass is 10.1. The zero-order chi connectivity index (χ0) is 14.4. The summed E-state index contributed by atoms with van der Waals surface area (Å²) in [4.78, 5) is 0. The van der Waals surface area contributed by atoms with Gasteiger partial charge in [0.1, 0.15) is 0 Å². The van der Waals surface area contributed by atoms with E-state index in [9.17, 15) is 0 Å². The molecule has 0 spiro atoms. The van der Waals surface area contributed by atoms with Gasteiger partial charge < -0.3 is 9.88 Å². The van der Waals surface area contributed by atoms with E-state index >= 15 is 0 Å². The number of nitrogens with one attached hydrogen (secondary N) is 1. The first-order valence-electron chi connectivity index (χ1n) is 7.03. The SMILES string of the molecule is CC(C)CNCc1cccn1Cc1ccccc1C#N. The monoisotopic (exact) mass is 267 g/mol. The average Bonchev–Trinajstić information content (AvgIpc) is 2.86. The van der Waals surface area contributed by atoms with Crippen molar-refractivity contribution in [2.24, 2.45) is 5.92 Å². The maximum atomic E-state index is 9.15. The van der Waals surface area contributed by atoms with E-state index in [4.69, 9.17) is 5.26 Å². The van der Waals surface area contributed by atoms with E-state index in [1.165, 1.54) is 5.69 Å². The van der Waals surface area contributed by atoms with Gasteiger partial charge in [0.2, 0.25) is 0 Å². The summed E-state index contributed by atoms with van der Waals surface area (Å²) in [6.07, 6.45) is 2.07. The molecule has 0 amide bonds. The van der Waals surface area contributed by atoms with Gasteiger partial charge in [0.15, 0.2) is 0 Å². The lowest BCUT2D eigenvalue weighted by Gasteiger charge is -2.12. The zero-order valence-electron chi connectivity index (χ0n) is 12.1. The Balaban J connectivity index is 2.07. The maximum absolute atomic E-state index is 9.15. The molecule has 1 N–H and O–H groups in total. The van der Waals surface area contributed by atoms with Crippen LogP contribution in [-0.4, -0.2) is 11.1 Å². The van der Waals surface area contributed by atoms with Crippen LogP contribution in [0, 0.1) is 17.2 Å². The molecular formula is C17H21N3. The van der Waals surface area contributed by atoms with Crippen molar-refractivity contribution in [2.75, 3.05) is 6.54 Å². The molecule has 2 aromatic rings. The molecule has 0 aliphatic heterocycles. The van der Waals surface area contributed by atoms with Gasteiger partial charge in [-0.2, -0.15) is 5.26 Å². The van der Waals surface area contributed by atoms with Gasteiger partial charge >= 0.3 is 0 Å². The van der Waals surface area contributed by atoms with Crippen molar-refractivity contribution in [3.63, 3.8) is 0 Å². The molecule has 0 aliphatic carbocycles. The fourth-order valence-electron chi connectivity index (χ4n) is 2.20. The number of benzene rings is 1. The number of hydrogen-bond donors (Lipinski definition) is 1. The van der Waals surface area contributed by atoms with E-state index in [0.717, 1.165) is 30.8 Å². The Hall–Kier alpha value is -2.05. The van der Waals surface area contributed by atoms with E-state index in [0.29, 0.717) is 5.92 Å². The van der Waals surface area contributed by atoms with Crippen LogP contribution in [0.4, 0.5) is 0 Å². The van der Waals surface area contributed by atoms with Crippen LogP contribution in [0.3, 0.4) is 0 Å². The molecule has 3 nitrogen and oxygen atoms in total. The van der Waals surface area contributed by atoms with Crippen LogP contribution in [0.5, 0.6) is 0 Å². The average molecular weight is 267 g/mol. The summed E-state index contributed by atoms with van der Waals surface area (Å²) < 4.78 is 2.20. The fourth-order valence-corrected chi connectivity index (χ4v) is 2.20. The predicted octanol–water partition coefficient (Wildman–Crippen LogP) is 3.15. The number of nitrogens with zero attached hydrogens (tertiary/aromatic N) is 2. The normalized spacial score (nSPS) is 10.7. The summed E-state index contributed by atoms with van der Waals surface area (Å²) in [5.74, 6) is 0.651. The van der Waals surface area contributed by atoms with Crippen molar-refractivity contribution < 1.29 is 0 Å². The molecule has 2 rings (SSSR count). The van der Waals surface area contributed by atoms with Crippen molar-refractivity contribution in [2.45, 2.75) is 26.9 Å². The van der Waals surface area contributed by atoms with E-state index in [2.05, 4.69) is 48.1 Å². The highest BCUT2D eigenvalue weighted by molar-refractivity contribution is 5.37. The standard InChI is InChI=1S/C17H21N3/c1-14(2)11-19-12-17-8-5-9-20(17)13-16-7-4-3-6-15(16)10-18/h3-9,14,19H,11-13H2,1-2H3. The third-order valence-corrected chi connectivity index (χ3v) is 3.26. The van der Waals surface area contributed by atoms with Crippen molar-refractivity contribution >= 4 is 0 Å². The minimum absolute atomic E-state index is 0.651. The summed E-state index contributed by atoms with van der Waals surface area (Å²) in [6, 6.07) is 14.2. The molecule has 104 valence electrons. The maximum Gasteiger partial charge on any atom is 0.0995 e. The van der Waals surface area contributed by atoms with Crippen molar-refractivity contribution in [1.29, 1.82) is 5.26 Å². The first-order valence-corrected chi connectivity index (χ1v) is 7.03. The molecule has 0 saturated heterocycles. The molecule has 0 fully saturated rings. The molecule has 1 heterocycles. The summed E-state index contributed by atoms with van der Waals surface area (Å²) in [5, 5.41) is 12.6. The summed E-state index contributed by atoms with van der Waals surface area (Å²) in [5.41, 5.74) is 3.07. The van der Waals surface area contributed by atoms with E-state index in [1.54, 1.807) is 0 Å². The fraction of sp³-hybridized carbons (Fsp3) is 0.353.